The van der Waals surface area contributed by atoms with Gasteiger partial charge in [0.25, 0.3) is 0 Å². The van der Waals surface area contributed by atoms with E-state index in [2.05, 4.69) is 31.7 Å². The standard InChI is InChI=1S/C23H22N6O4/c1-32-21-11-17(4-7-26-21)28-22-27-8-5-18(29-22)15-2-3-19(16(10-15)12-24)33-23(20(31)13-30)6-9-25-14-23/h2-5,7-8,10-11,25,30H,6,9,13-14H2,1H3,(H,26,27,28,29)/t23-/m1/s1. The molecule has 3 N–H and O–H groups in total. The number of Topliss-reactive ketones (excluding diaryl/α,β-unsaturated/α-hetero) is 1. The fourth-order valence-electron chi connectivity index (χ4n) is 3.58. The SMILES string of the molecule is COc1cc(Nc2nccc(-c3ccc(O[C@]4(C(=O)CO)CCNC4)c(C#N)c3)n2)ccn1. The molecule has 0 radical (unpaired) electrons. The Kier molecular flexibility index (Phi) is 6.44. The molecular formula is C23H22N6O4. The predicted molar refractivity (Wildman–Crippen MR) is 119 cm³/mol. The van der Waals surface area contributed by atoms with Gasteiger partial charge in [-0.05, 0) is 36.9 Å². The number of aliphatic hydroxyl groups is 1. The summed E-state index contributed by atoms with van der Waals surface area (Å²) >= 11 is 0. The highest BCUT2D eigenvalue weighted by molar-refractivity contribution is 5.89. The van der Waals surface area contributed by atoms with Gasteiger partial charge < -0.3 is 25.2 Å². The number of aliphatic hydroxyl groups excluding tert-OH is 1. The van der Waals surface area contributed by atoms with Crippen molar-refractivity contribution in [2.75, 3.05) is 32.1 Å². The highest BCUT2D eigenvalue weighted by Gasteiger charge is 2.43. The highest BCUT2D eigenvalue weighted by Crippen LogP contribution is 2.31. The maximum atomic E-state index is 12.3. The van der Waals surface area contributed by atoms with Crippen molar-refractivity contribution in [3.63, 3.8) is 0 Å². The minimum Gasteiger partial charge on any atom is -0.481 e. The third-order valence-electron chi connectivity index (χ3n) is 5.32. The van der Waals surface area contributed by atoms with Crippen LogP contribution in [0.1, 0.15) is 12.0 Å². The number of ketones is 1. The third-order valence-corrected chi connectivity index (χ3v) is 5.32. The third kappa shape index (κ3) is 4.74. The molecule has 10 heteroatoms. The number of benzene rings is 1. The summed E-state index contributed by atoms with van der Waals surface area (Å²) in [5, 5.41) is 25.2. The highest BCUT2D eigenvalue weighted by atomic mass is 16.5. The number of carbonyl (C=O) groups excluding carboxylic acids is 1. The van der Waals surface area contributed by atoms with Gasteiger partial charge in [0.15, 0.2) is 5.60 Å². The van der Waals surface area contributed by atoms with Crippen molar-refractivity contribution >= 4 is 17.4 Å². The van der Waals surface area contributed by atoms with E-state index >= 15 is 0 Å². The number of hydrogen-bond donors (Lipinski definition) is 3. The van der Waals surface area contributed by atoms with Crippen LogP contribution in [0.2, 0.25) is 0 Å². The summed E-state index contributed by atoms with van der Waals surface area (Å²) in [5.41, 5.74) is 1.07. The van der Waals surface area contributed by atoms with Crippen molar-refractivity contribution in [3.05, 3.63) is 54.4 Å². The van der Waals surface area contributed by atoms with E-state index in [9.17, 15) is 15.2 Å². The zero-order chi connectivity index (χ0) is 23.3. The van der Waals surface area contributed by atoms with Gasteiger partial charge in [-0.15, -0.1) is 0 Å². The Bertz CT molecular complexity index is 1200. The molecule has 3 aromatic rings. The lowest BCUT2D eigenvalue weighted by Gasteiger charge is -2.28. The topological polar surface area (TPSA) is 142 Å². The number of nitriles is 1. The van der Waals surface area contributed by atoms with Gasteiger partial charge in [-0.3, -0.25) is 4.79 Å². The lowest BCUT2D eigenvalue weighted by molar-refractivity contribution is -0.136. The molecule has 0 amide bonds. The van der Waals surface area contributed by atoms with Crippen LogP contribution in [0.3, 0.4) is 0 Å². The van der Waals surface area contributed by atoms with Gasteiger partial charge in [0.2, 0.25) is 17.6 Å². The zero-order valence-corrected chi connectivity index (χ0v) is 17.9. The summed E-state index contributed by atoms with van der Waals surface area (Å²) in [5.74, 6) is 0.687. The van der Waals surface area contributed by atoms with E-state index in [1.165, 1.54) is 7.11 Å². The normalized spacial score (nSPS) is 17.2. The number of carbonyl (C=O) groups is 1. The van der Waals surface area contributed by atoms with Gasteiger partial charge in [-0.25, -0.2) is 15.0 Å². The van der Waals surface area contributed by atoms with Crippen molar-refractivity contribution in [3.8, 4) is 29.0 Å². The number of nitrogens with one attached hydrogen (secondary N) is 2. The number of pyridine rings is 1. The van der Waals surface area contributed by atoms with Crippen LogP contribution in [0.15, 0.2) is 48.8 Å². The molecule has 1 atom stereocenters. The molecule has 3 heterocycles. The average Bonchev–Trinajstić information content (AvgIpc) is 3.33. The molecule has 10 nitrogen and oxygen atoms in total. The zero-order valence-electron chi connectivity index (χ0n) is 17.9. The van der Waals surface area contributed by atoms with E-state index in [1.807, 2.05) is 0 Å². The Morgan fingerprint density at radius 3 is 2.85 bits per heavy atom. The largest absolute Gasteiger partial charge is 0.481 e. The lowest BCUT2D eigenvalue weighted by atomic mass is 9.97. The second-order valence-electron chi connectivity index (χ2n) is 7.40. The van der Waals surface area contributed by atoms with E-state index in [0.717, 1.165) is 0 Å². The summed E-state index contributed by atoms with van der Waals surface area (Å²) in [7, 11) is 1.54. The van der Waals surface area contributed by atoms with Gasteiger partial charge in [-0.2, -0.15) is 5.26 Å². The van der Waals surface area contributed by atoms with E-state index in [-0.39, 0.29) is 17.9 Å². The molecule has 2 aromatic heterocycles. The van der Waals surface area contributed by atoms with Crippen LogP contribution in [0.25, 0.3) is 11.3 Å². The molecule has 0 aliphatic carbocycles. The van der Waals surface area contributed by atoms with E-state index < -0.39 is 18.0 Å². The number of rotatable bonds is 8. The van der Waals surface area contributed by atoms with Crippen molar-refractivity contribution < 1.29 is 19.4 Å². The van der Waals surface area contributed by atoms with Gasteiger partial charge in [0, 0.05) is 42.7 Å². The molecular weight excluding hydrogens is 424 g/mol. The summed E-state index contributed by atoms with van der Waals surface area (Å²) in [6.45, 7) is 0.243. The second-order valence-corrected chi connectivity index (χ2v) is 7.40. The Balaban J connectivity index is 1.59. The number of methoxy groups -OCH3 is 1. The molecule has 0 bridgehead atoms. The predicted octanol–water partition coefficient (Wildman–Crippen LogP) is 1.83. The van der Waals surface area contributed by atoms with Gasteiger partial charge >= 0.3 is 0 Å². The molecule has 1 aromatic carbocycles. The Hall–Kier alpha value is -4.07. The van der Waals surface area contributed by atoms with Crippen molar-refractivity contribution in [2.45, 2.75) is 12.0 Å². The molecule has 1 fully saturated rings. The van der Waals surface area contributed by atoms with E-state index in [0.29, 0.717) is 41.7 Å². The summed E-state index contributed by atoms with van der Waals surface area (Å²) in [6, 6.07) is 12.4. The van der Waals surface area contributed by atoms with Crippen LogP contribution in [0, 0.1) is 11.3 Å². The smallest absolute Gasteiger partial charge is 0.227 e. The number of anilines is 2. The number of ether oxygens (including phenoxy) is 2. The van der Waals surface area contributed by atoms with E-state index in [4.69, 9.17) is 9.47 Å². The monoisotopic (exact) mass is 446 g/mol. The van der Waals surface area contributed by atoms with Crippen LogP contribution < -0.4 is 20.1 Å². The average molecular weight is 446 g/mol. The fraction of sp³-hybridized carbons (Fsp3) is 0.261. The number of hydrogen-bond acceptors (Lipinski definition) is 10. The number of nitrogens with zero attached hydrogens (tertiary/aromatic N) is 4. The lowest BCUT2D eigenvalue weighted by Crippen LogP contribution is -2.48. The van der Waals surface area contributed by atoms with Crippen LogP contribution in [-0.4, -0.2) is 58.2 Å². The maximum absolute atomic E-state index is 12.3. The minimum absolute atomic E-state index is 0.261. The van der Waals surface area contributed by atoms with Crippen molar-refractivity contribution in [2.24, 2.45) is 0 Å². The van der Waals surface area contributed by atoms with Crippen LogP contribution in [0.5, 0.6) is 11.6 Å². The molecule has 1 aliphatic heterocycles. The minimum atomic E-state index is -1.18. The molecule has 1 saturated heterocycles. The van der Waals surface area contributed by atoms with Gasteiger partial charge in [0.1, 0.15) is 18.4 Å². The first-order valence-corrected chi connectivity index (χ1v) is 10.3. The summed E-state index contributed by atoms with van der Waals surface area (Å²) in [4.78, 5) is 25.2. The Labute approximate surface area is 190 Å². The van der Waals surface area contributed by atoms with Gasteiger partial charge in [0.05, 0.1) is 18.4 Å². The molecule has 33 heavy (non-hydrogen) atoms. The number of aromatic nitrogens is 3. The fourth-order valence-corrected chi connectivity index (χ4v) is 3.58. The van der Waals surface area contributed by atoms with Crippen molar-refractivity contribution in [1.29, 1.82) is 5.26 Å². The van der Waals surface area contributed by atoms with Crippen LogP contribution >= 0.6 is 0 Å². The Morgan fingerprint density at radius 2 is 2.12 bits per heavy atom. The molecule has 4 rings (SSSR count). The molecule has 0 saturated carbocycles. The first kappa shape index (κ1) is 22.1. The summed E-state index contributed by atoms with van der Waals surface area (Å²) < 4.78 is 11.1. The van der Waals surface area contributed by atoms with E-state index in [1.54, 1.807) is 48.8 Å². The van der Waals surface area contributed by atoms with Crippen LogP contribution in [0.4, 0.5) is 11.6 Å². The maximum Gasteiger partial charge on any atom is 0.227 e. The molecule has 0 spiro atoms. The quantitative estimate of drug-likeness (QED) is 0.469. The second kappa shape index (κ2) is 9.60. The first-order chi connectivity index (χ1) is 16.1. The Morgan fingerprint density at radius 1 is 1.27 bits per heavy atom. The van der Waals surface area contributed by atoms with Gasteiger partial charge in [-0.1, -0.05) is 0 Å². The van der Waals surface area contributed by atoms with Crippen molar-refractivity contribution in [1.82, 2.24) is 20.3 Å². The molecule has 1 aliphatic rings. The first-order valence-electron chi connectivity index (χ1n) is 10.3. The molecule has 168 valence electrons. The van der Waals surface area contributed by atoms with Crippen LogP contribution in [-0.2, 0) is 4.79 Å². The molecule has 0 unspecified atom stereocenters. The summed E-state index contributed by atoms with van der Waals surface area (Å²) in [6.07, 6.45) is 3.63.